The molecule has 7 nitrogen and oxygen atoms in total. The van der Waals surface area contributed by atoms with Crippen LogP contribution in [0.15, 0.2) is 66.9 Å². The molecule has 178 valence electrons. The average Bonchev–Trinajstić information content (AvgIpc) is 3.23. The van der Waals surface area contributed by atoms with Gasteiger partial charge < -0.3 is 19.9 Å². The number of nitrogens with zero attached hydrogens (tertiary/aromatic N) is 1. The highest BCUT2D eigenvalue weighted by molar-refractivity contribution is 6.30. The number of para-hydroxylation sites is 1. The van der Waals surface area contributed by atoms with Gasteiger partial charge >= 0.3 is 5.97 Å². The Morgan fingerprint density at radius 1 is 1.15 bits per heavy atom. The van der Waals surface area contributed by atoms with E-state index in [2.05, 4.69) is 16.9 Å². The third-order valence-corrected chi connectivity index (χ3v) is 5.58. The van der Waals surface area contributed by atoms with Crippen LogP contribution in [0.1, 0.15) is 29.8 Å². The number of aromatic nitrogens is 1. The van der Waals surface area contributed by atoms with Crippen LogP contribution in [0.2, 0.25) is 5.02 Å². The van der Waals surface area contributed by atoms with E-state index in [4.69, 9.17) is 16.3 Å². The number of rotatable bonds is 10. The maximum atomic E-state index is 13.0. The summed E-state index contributed by atoms with van der Waals surface area (Å²) in [6.45, 7) is 7.93. The number of H-pyrrole nitrogens is 1. The van der Waals surface area contributed by atoms with Crippen LogP contribution >= 0.6 is 11.6 Å². The van der Waals surface area contributed by atoms with Gasteiger partial charge in [0.05, 0.1) is 0 Å². The molecule has 0 saturated carbocycles. The summed E-state index contributed by atoms with van der Waals surface area (Å²) in [6.07, 6.45) is 2.00. The fourth-order valence-corrected chi connectivity index (χ4v) is 3.71. The summed E-state index contributed by atoms with van der Waals surface area (Å²) < 4.78 is 5.34. The number of hydrogen-bond acceptors (Lipinski definition) is 4. The molecule has 2 aromatic carbocycles. The summed E-state index contributed by atoms with van der Waals surface area (Å²) in [6, 6.07) is 13.0. The first kappa shape index (κ1) is 25.1. The van der Waals surface area contributed by atoms with Gasteiger partial charge in [-0.1, -0.05) is 42.0 Å². The molecule has 0 radical (unpaired) electrons. The number of carbonyl (C=O) groups excluding carboxylic acids is 3. The molecule has 8 heteroatoms. The van der Waals surface area contributed by atoms with Gasteiger partial charge in [-0.3, -0.25) is 9.59 Å². The third kappa shape index (κ3) is 6.48. The monoisotopic (exact) mass is 481 g/mol. The van der Waals surface area contributed by atoms with E-state index in [1.165, 1.54) is 0 Å². The lowest BCUT2D eigenvalue weighted by Gasteiger charge is -2.22. The van der Waals surface area contributed by atoms with Gasteiger partial charge in [-0.15, -0.1) is 0 Å². The standard InChI is InChI=1S/C26H28ClN3O4/c1-4-30(15-17(2)3)24(31)16-34-26(33)23(29-25(32)18-9-11-20(27)12-10-18)13-19-14-28-22-8-6-5-7-21(19)22/h5-12,14,23,28H,2,4,13,15-16H2,1,3H3,(H,29,32). The Bertz CT molecular complexity index is 1190. The number of aromatic amines is 1. The summed E-state index contributed by atoms with van der Waals surface area (Å²) in [5.41, 5.74) is 2.95. The van der Waals surface area contributed by atoms with Crippen molar-refractivity contribution >= 4 is 40.3 Å². The predicted molar refractivity (Wildman–Crippen MR) is 133 cm³/mol. The van der Waals surface area contributed by atoms with Crippen LogP contribution in [-0.4, -0.2) is 53.4 Å². The van der Waals surface area contributed by atoms with Crippen LogP contribution in [0.5, 0.6) is 0 Å². The first-order valence-corrected chi connectivity index (χ1v) is 11.4. The highest BCUT2D eigenvalue weighted by Gasteiger charge is 2.26. The lowest BCUT2D eigenvalue weighted by molar-refractivity contribution is -0.153. The predicted octanol–water partition coefficient (Wildman–Crippen LogP) is 4.13. The van der Waals surface area contributed by atoms with Crippen LogP contribution < -0.4 is 5.32 Å². The summed E-state index contributed by atoms with van der Waals surface area (Å²) in [7, 11) is 0. The first-order chi connectivity index (χ1) is 16.3. The molecule has 34 heavy (non-hydrogen) atoms. The molecule has 1 unspecified atom stereocenters. The van der Waals surface area contributed by atoms with Gasteiger partial charge in [-0.05, 0) is 49.7 Å². The van der Waals surface area contributed by atoms with Crippen molar-refractivity contribution in [1.29, 1.82) is 0 Å². The van der Waals surface area contributed by atoms with Crippen LogP contribution in [-0.2, 0) is 20.7 Å². The number of benzene rings is 2. The lowest BCUT2D eigenvalue weighted by atomic mass is 10.0. The number of fused-ring (bicyclic) bond motifs is 1. The van der Waals surface area contributed by atoms with Crippen molar-refractivity contribution in [2.45, 2.75) is 26.3 Å². The molecule has 0 spiro atoms. The molecule has 2 amide bonds. The van der Waals surface area contributed by atoms with Gasteiger partial charge in [0, 0.05) is 47.2 Å². The molecule has 0 aliphatic carbocycles. The topological polar surface area (TPSA) is 91.5 Å². The third-order valence-electron chi connectivity index (χ3n) is 5.33. The summed E-state index contributed by atoms with van der Waals surface area (Å²) in [5.74, 6) is -1.46. The maximum Gasteiger partial charge on any atom is 0.329 e. The Morgan fingerprint density at radius 3 is 2.53 bits per heavy atom. The van der Waals surface area contributed by atoms with Crippen LogP contribution in [0.25, 0.3) is 10.9 Å². The van der Waals surface area contributed by atoms with Gasteiger partial charge in [0.25, 0.3) is 11.8 Å². The summed E-state index contributed by atoms with van der Waals surface area (Å²) in [4.78, 5) is 43.1. The zero-order valence-electron chi connectivity index (χ0n) is 19.3. The first-order valence-electron chi connectivity index (χ1n) is 11.0. The maximum absolute atomic E-state index is 13.0. The van der Waals surface area contributed by atoms with Crippen molar-refractivity contribution in [1.82, 2.24) is 15.2 Å². The van der Waals surface area contributed by atoms with E-state index in [0.29, 0.717) is 23.7 Å². The normalized spacial score (nSPS) is 11.6. The number of hydrogen-bond donors (Lipinski definition) is 2. The Kier molecular flexibility index (Phi) is 8.49. The Labute approximate surface area is 203 Å². The Morgan fingerprint density at radius 2 is 1.85 bits per heavy atom. The van der Waals surface area contributed by atoms with Gasteiger partial charge in [0.1, 0.15) is 6.04 Å². The van der Waals surface area contributed by atoms with E-state index in [1.807, 2.05) is 38.1 Å². The zero-order chi connectivity index (χ0) is 24.7. The second-order valence-corrected chi connectivity index (χ2v) is 8.51. The molecular formula is C26H28ClN3O4. The fraction of sp³-hybridized carbons (Fsp3) is 0.269. The van der Waals surface area contributed by atoms with Gasteiger partial charge in [0.15, 0.2) is 6.61 Å². The second kappa shape index (κ2) is 11.5. The minimum absolute atomic E-state index is 0.194. The molecule has 0 aliphatic rings. The van der Waals surface area contributed by atoms with Gasteiger partial charge in [-0.2, -0.15) is 0 Å². The zero-order valence-corrected chi connectivity index (χ0v) is 20.0. The average molecular weight is 482 g/mol. The Balaban J connectivity index is 1.76. The SMILES string of the molecule is C=C(C)CN(CC)C(=O)COC(=O)C(Cc1c[nH]c2ccccc12)NC(=O)c1ccc(Cl)cc1. The molecule has 2 N–H and O–H groups in total. The van der Waals surface area contributed by atoms with E-state index in [-0.39, 0.29) is 12.3 Å². The molecule has 1 atom stereocenters. The molecule has 1 heterocycles. The number of halogens is 1. The number of ether oxygens (including phenoxy) is 1. The van der Waals surface area contributed by atoms with Crippen LogP contribution in [0.4, 0.5) is 0 Å². The summed E-state index contributed by atoms with van der Waals surface area (Å²) in [5, 5.41) is 4.19. The van der Waals surface area contributed by atoms with E-state index < -0.39 is 24.5 Å². The summed E-state index contributed by atoms with van der Waals surface area (Å²) >= 11 is 5.91. The van der Waals surface area contributed by atoms with Gasteiger partial charge in [-0.25, -0.2) is 4.79 Å². The number of esters is 1. The molecule has 1 aromatic heterocycles. The Hall–Kier alpha value is -3.58. The van der Waals surface area contributed by atoms with E-state index in [0.717, 1.165) is 22.0 Å². The fourth-order valence-electron chi connectivity index (χ4n) is 3.58. The van der Waals surface area contributed by atoms with Crippen molar-refractivity contribution in [2.24, 2.45) is 0 Å². The number of nitrogens with one attached hydrogen (secondary N) is 2. The van der Waals surface area contributed by atoms with Gasteiger partial charge in [0.2, 0.25) is 0 Å². The largest absolute Gasteiger partial charge is 0.454 e. The van der Waals surface area contributed by atoms with Crippen molar-refractivity contribution in [3.63, 3.8) is 0 Å². The van der Waals surface area contributed by atoms with Crippen LogP contribution in [0, 0.1) is 0 Å². The molecule has 0 aliphatic heterocycles. The number of carbonyl (C=O) groups is 3. The number of likely N-dealkylation sites (N-methyl/N-ethyl adjacent to an activating group) is 1. The molecule has 3 rings (SSSR count). The quantitative estimate of drug-likeness (QED) is 0.336. The number of amides is 2. The minimum Gasteiger partial charge on any atom is -0.454 e. The van der Waals surface area contributed by atoms with Crippen molar-refractivity contribution in [3.05, 3.63) is 83.0 Å². The van der Waals surface area contributed by atoms with E-state index >= 15 is 0 Å². The molecule has 3 aromatic rings. The lowest BCUT2D eigenvalue weighted by Crippen LogP contribution is -2.44. The second-order valence-electron chi connectivity index (χ2n) is 8.07. The van der Waals surface area contributed by atoms with E-state index in [1.54, 1.807) is 35.4 Å². The minimum atomic E-state index is -0.994. The molecule has 0 saturated heterocycles. The molecule has 0 fully saturated rings. The molecule has 0 bridgehead atoms. The smallest absolute Gasteiger partial charge is 0.329 e. The van der Waals surface area contributed by atoms with Crippen molar-refractivity contribution in [2.75, 3.05) is 19.7 Å². The van der Waals surface area contributed by atoms with Crippen molar-refractivity contribution in [3.8, 4) is 0 Å². The van der Waals surface area contributed by atoms with E-state index in [9.17, 15) is 14.4 Å². The van der Waals surface area contributed by atoms with Crippen molar-refractivity contribution < 1.29 is 19.1 Å². The van der Waals surface area contributed by atoms with Crippen LogP contribution in [0.3, 0.4) is 0 Å². The highest BCUT2D eigenvalue weighted by atomic mass is 35.5. The molecular weight excluding hydrogens is 454 g/mol. The highest BCUT2D eigenvalue weighted by Crippen LogP contribution is 2.20.